The predicted molar refractivity (Wildman–Crippen MR) is 81.1 cm³/mol. The van der Waals surface area contributed by atoms with Crippen LogP contribution in [0.5, 0.6) is 0 Å². The highest BCUT2D eigenvalue weighted by Crippen LogP contribution is 2.25. The normalized spacial score (nSPS) is 23.1. The van der Waals surface area contributed by atoms with Crippen LogP contribution in [0.1, 0.15) is 17.3 Å². The van der Waals surface area contributed by atoms with Crippen molar-refractivity contribution in [3.63, 3.8) is 0 Å². The Morgan fingerprint density at radius 1 is 1.42 bits per heavy atom. The molecule has 4 nitrogen and oxygen atoms in total. The maximum atomic E-state index is 12.5. The molecule has 0 spiro atoms. The van der Waals surface area contributed by atoms with Crippen LogP contribution >= 0.6 is 15.9 Å². The summed E-state index contributed by atoms with van der Waals surface area (Å²) in [6.07, 6.45) is 0. The molecule has 1 fully saturated rings. The summed E-state index contributed by atoms with van der Waals surface area (Å²) in [7, 11) is 4.12. The van der Waals surface area contributed by atoms with Gasteiger partial charge in [-0.15, -0.1) is 0 Å². The van der Waals surface area contributed by atoms with E-state index in [4.69, 9.17) is 5.73 Å². The van der Waals surface area contributed by atoms with Gasteiger partial charge in [0.2, 0.25) is 0 Å². The van der Waals surface area contributed by atoms with Crippen LogP contribution < -0.4 is 5.73 Å². The van der Waals surface area contributed by atoms with Crippen molar-refractivity contribution >= 4 is 27.5 Å². The monoisotopic (exact) mass is 325 g/mol. The molecule has 104 valence electrons. The number of carbonyl (C=O) groups is 1. The Kier molecular flexibility index (Phi) is 4.16. The summed E-state index contributed by atoms with van der Waals surface area (Å²) in [6, 6.07) is 5.82. The largest absolute Gasteiger partial charge is 0.398 e. The standard InChI is InChI=1S/C14H20BrN3O/c1-9-7-18(8-13(9)17(2)3)14(19)11-6-10(15)4-5-12(11)16/h4-6,9,13H,7-8,16H2,1-3H3. The summed E-state index contributed by atoms with van der Waals surface area (Å²) in [4.78, 5) is 16.6. The van der Waals surface area contributed by atoms with Crippen LogP contribution in [0.25, 0.3) is 0 Å². The third-order valence-electron chi connectivity index (χ3n) is 3.77. The maximum absolute atomic E-state index is 12.5. The van der Waals surface area contributed by atoms with Gasteiger partial charge in [-0.25, -0.2) is 0 Å². The molecule has 2 N–H and O–H groups in total. The Morgan fingerprint density at radius 3 is 2.68 bits per heavy atom. The quantitative estimate of drug-likeness (QED) is 0.847. The van der Waals surface area contributed by atoms with E-state index in [9.17, 15) is 4.79 Å². The van der Waals surface area contributed by atoms with E-state index >= 15 is 0 Å². The predicted octanol–water partition coefficient (Wildman–Crippen LogP) is 2.05. The minimum atomic E-state index is 0.0231. The Morgan fingerprint density at radius 2 is 2.11 bits per heavy atom. The zero-order chi connectivity index (χ0) is 14.2. The molecule has 0 saturated carbocycles. The van der Waals surface area contributed by atoms with Crippen molar-refractivity contribution < 1.29 is 4.79 Å². The summed E-state index contributed by atoms with van der Waals surface area (Å²) in [6.45, 7) is 3.73. The van der Waals surface area contributed by atoms with Gasteiger partial charge >= 0.3 is 0 Å². The maximum Gasteiger partial charge on any atom is 0.256 e. The lowest BCUT2D eigenvalue weighted by atomic mass is 10.1. The second-order valence-electron chi connectivity index (χ2n) is 5.45. The molecule has 1 aliphatic rings. The van der Waals surface area contributed by atoms with E-state index < -0.39 is 0 Å². The molecule has 0 bridgehead atoms. The van der Waals surface area contributed by atoms with Gasteiger partial charge < -0.3 is 15.5 Å². The van der Waals surface area contributed by atoms with Crippen LogP contribution in [-0.2, 0) is 0 Å². The molecule has 1 amide bonds. The number of nitrogen functional groups attached to an aromatic ring is 1. The number of nitrogens with two attached hydrogens (primary N) is 1. The van der Waals surface area contributed by atoms with Gasteiger partial charge in [-0.1, -0.05) is 22.9 Å². The number of carbonyl (C=O) groups excluding carboxylic acids is 1. The lowest BCUT2D eigenvalue weighted by molar-refractivity contribution is 0.0782. The van der Waals surface area contributed by atoms with Crippen LogP contribution in [0.4, 0.5) is 5.69 Å². The molecule has 0 radical (unpaired) electrons. The first-order chi connectivity index (χ1) is 8.90. The number of anilines is 1. The number of hydrogen-bond donors (Lipinski definition) is 1. The third kappa shape index (κ3) is 2.92. The van der Waals surface area contributed by atoms with E-state index in [1.807, 2.05) is 11.0 Å². The average molecular weight is 326 g/mol. The minimum absolute atomic E-state index is 0.0231. The lowest BCUT2D eigenvalue weighted by Crippen LogP contribution is -2.36. The highest BCUT2D eigenvalue weighted by molar-refractivity contribution is 9.10. The van der Waals surface area contributed by atoms with Crippen LogP contribution in [-0.4, -0.2) is 48.9 Å². The average Bonchev–Trinajstić information content (AvgIpc) is 2.74. The Labute approximate surface area is 122 Å². The first kappa shape index (κ1) is 14.3. The lowest BCUT2D eigenvalue weighted by Gasteiger charge is -2.22. The number of amides is 1. The van der Waals surface area contributed by atoms with Crippen LogP contribution in [0.2, 0.25) is 0 Å². The Hall–Kier alpha value is -1.07. The van der Waals surface area contributed by atoms with E-state index in [0.717, 1.165) is 17.6 Å². The van der Waals surface area contributed by atoms with Gasteiger partial charge in [0.15, 0.2) is 0 Å². The fourth-order valence-electron chi connectivity index (χ4n) is 2.67. The smallest absolute Gasteiger partial charge is 0.256 e. The summed E-state index contributed by atoms with van der Waals surface area (Å²) in [5.41, 5.74) is 7.03. The zero-order valence-electron chi connectivity index (χ0n) is 11.6. The van der Waals surface area contributed by atoms with Crippen LogP contribution in [0.15, 0.2) is 22.7 Å². The van der Waals surface area contributed by atoms with Gasteiger partial charge in [0.05, 0.1) is 5.56 Å². The van der Waals surface area contributed by atoms with E-state index in [1.54, 1.807) is 12.1 Å². The Balaban J connectivity index is 2.19. The number of nitrogens with zero attached hydrogens (tertiary/aromatic N) is 2. The van der Waals surface area contributed by atoms with E-state index in [-0.39, 0.29) is 5.91 Å². The number of likely N-dealkylation sites (tertiary alicyclic amines) is 1. The van der Waals surface area contributed by atoms with E-state index in [0.29, 0.717) is 23.2 Å². The third-order valence-corrected chi connectivity index (χ3v) is 4.26. The molecule has 2 atom stereocenters. The summed E-state index contributed by atoms with van der Waals surface area (Å²) < 4.78 is 0.876. The SMILES string of the molecule is CC1CN(C(=O)c2cc(Br)ccc2N)CC1N(C)C. The second-order valence-corrected chi connectivity index (χ2v) is 6.37. The number of halogens is 1. The van der Waals surface area contributed by atoms with Crippen LogP contribution in [0, 0.1) is 5.92 Å². The molecule has 1 heterocycles. The van der Waals surface area contributed by atoms with Gasteiger partial charge in [0, 0.05) is 29.3 Å². The zero-order valence-corrected chi connectivity index (χ0v) is 13.1. The van der Waals surface area contributed by atoms with Gasteiger partial charge in [-0.2, -0.15) is 0 Å². The molecule has 0 aliphatic carbocycles. The summed E-state index contributed by atoms with van der Waals surface area (Å²) in [5, 5.41) is 0. The molecular formula is C14H20BrN3O. The molecule has 2 unspecified atom stereocenters. The van der Waals surface area contributed by atoms with Gasteiger partial charge in [0.1, 0.15) is 0 Å². The highest BCUT2D eigenvalue weighted by atomic mass is 79.9. The molecule has 2 rings (SSSR count). The highest BCUT2D eigenvalue weighted by Gasteiger charge is 2.34. The molecule has 1 saturated heterocycles. The number of rotatable bonds is 2. The van der Waals surface area contributed by atoms with E-state index in [2.05, 4.69) is 41.8 Å². The fraction of sp³-hybridized carbons (Fsp3) is 0.500. The topological polar surface area (TPSA) is 49.6 Å². The molecule has 1 aromatic rings. The van der Waals surface area contributed by atoms with Crippen molar-refractivity contribution in [3.05, 3.63) is 28.2 Å². The van der Waals surface area contributed by atoms with Crippen molar-refractivity contribution in [3.8, 4) is 0 Å². The summed E-state index contributed by atoms with van der Waals surface area (Å²) in [5.74, 6) is 0.502. The van der Waals surface area contributed by atoms with Crippen molar-refractivity contribution in [2.75, 3.05) is 32.9 Å². The Bertz CT molecular complexity index is 490. The first-order valence-corrected chi connectivity index (χ1v) is 7.20. The molecule has 0 aromatic heterocycles. The minimum Gasteiger partial charge on any atom is -0.398 e. The second kappa shape index (κ2) is 5.51. The number of likely N-dealkylation sites (N-methyl/N-ethyl adjacent to an activating group) is 1. The first-order valence-electron chi connectivity index (χ1n) is 6.41. The number of benzene rings is 1. The number of hydrogen-bond acceptors (Lipinski definition) is 3. The van der Waals surface area contributed by atoms with Crippen molar-refractivity contribution in [2.45, 2.75) is 13.0 Å². The molecule has 1 aromatic carbocycles. The summed E-state index contributed by atoms with van der Waals surface area (Å²) >= 11 is 3.39. The van der Waals surface area contributed by atoms with Crippen molar-refractivity contribution in [1.29, 1.82) is 0 Å². The van der Waals surface area contributed by atoms with Crippen molar-refractivity contribution in [1.82, 2.24) is 9.80 Å². The molecule has 5 heteroatoms. The van der Waals surface area contributed by atoms with Crippen LogP contribution in [0.3, 0.4) is 0 Å². The fourth-order valence-corrected chi connectivity index (χ4v) is 3.03. The van der Waals surface area contributed by atoms with Gasteiger partial charge in [0.25, 0.3) is 5.91 Å². The van der Waals surface area contributed by atoms with Gasteiger partial charge in [-0.3, -0.25) is 4.79 Å². The molecular weight excluding hydrogens is 306 g/mol. The molecule has 1 aliphatic heterocycles. The van der Waals surface area contributed by atoms with E-state index in [1.165, 1.54) is 0 Å². The van der Waals surface area contributed by atoms with Gasteiger partial charge in [-0.05, 0) is 38.2 Å². The van der Waals surface area contributed by atoms with Crippen molar-refractivity contribution in [2.24, 2.45) is 5.92 Å². The molecule has 19 heavy (non-hydrogen) atoms.